The minimum atomic E-state index is -0.597. The molecule has 0 radical (unpaired) electrons. The quantitative estimate of drug-likeness (QED) is 0.833. The van der Waals surface area contributed by atoms with Gasteiger partial charge < -0.3 is 10.4 Å². The summed E-state index contributed by atoms with van der Waals surface area (Å²) < 4.78 is 0.881. The molecule has 0 bridgehead atoms. The van der Waals surface area contributed by atoms with Crippen LogP contribution in [0, 0.1) is 0 Å². The number of aliphatic hydroxyl groups is 1. The Bertz CT molecular complexity index is 466. The van der Waals surface area contributed by atoms with E-state index in [0.717, 1.165) is 21.3 Å². The number of carbonyl (C=O) groups excluding carboxylic acids is 1. The number of halogens is 1. The number of carbonyl (C=O) groups is 1. The van der Waals surface area contributed by atoms with Crippen molar-refractivity contribution >= 4 is 27.5 Å². The topological polar surface area (TPSA) is 49.3 Å². The number of nitrogens with one attached hydrogen (secondary N) is 1. The normalized spacial score (nSPS) is 19.2. The van der Waals surface area contributed by atoms with Gasteiger partial charge in [-0.05, 0) is 38.5 Å². The molecule has 0 spiro atoms. The molecule has 86 valence electrons. The van der Waals surface area contributed by atoms with Crippen molar-refractivity contribution in [2.24, 2.45) is 0 Å². The monoisotopic (exact) mass is 283 g/mol. The maximum absolute atomic E-state index is 11.8. The first kappa shape index (κ1) is 11.6. The molecule has 1 aliphatic rings. The number of anilines is 1. The molecule has 1 amide bonds. The zero-order valence-electron chi connectivity index (χ0n) is 9.47. The van der Waals surface area contributed by atoms with Gasteiger partial charge in [-0.25, -0.2) is 0 Å². The highest BCUT2D eigenvalue weighted by molar-refractivity contribution is 9.10. The first-order valence-electron chi connectivity index (χ1n) is 5.17. The summed E-state index contributed by atoms with van der Waals surface area (Å²) in [7, 11) is 0. The summed E-state index contributed by atoms with van der Waals surface area (Å²) in [5.74, 6) is -0.0255. The first-order valence-corrected chi connectivity index (χ1v) is 5.97. The van der Waals surface area contributed by atoms with Gasteiger partial charge in [0.15, 0.2) is 0 Å². The van der Waals surface area contributed by atoms with E-state index in [1.807, 2.05) is 26.0 Å². The number of hydrogen-bond acceptors (Lipinski definition) is 2. The lowest BCUT2D eigenvalue weighted by molar-refractivity contribution is -0.119. The van der Waals surface area contributed by atoms with Gasteiger partial charge in [0.1, 0.15) is 0 Å². The highest BCUT2D eigenvalue weighted by Gasteiger charge is 2.40. The largest absolute Gasteiger partial charge is 0.389 e. The van der Waals surface area contributed by atoms with E-state index in [2.05, 4.69) is 21.2 Å². The molecule has 2 rings (SSSR count). The Morgan fingerprint density at radius 1 is 1.44 bits per heavy atom. The van der Waals surface area contributed by atoms with Crippen LogP contribution in [0.2, 0.25) is 0 Å². The Balaban J connectivity index is 2.70. The lowest BCUT2D eigenvalue weighted by Crippen LogP contribution is -2.26. The van der Waals surface area contributed by atoms with E-state index in [4.69, 9.17) is 0 Å². The van der Waals surface area contributed by atoms with E-state index >= 15 is 0 Å². The second-order valence-electron chi connectivity index (χ2n) is 4.67. The van der Waals surface area contributed by atoms with Crippen molar-refractivity contribution in [3.8, 4) is 0 Å². The maximum atomic E-state index is 11.8. The lowest BCUT2D eigenvalue weighted by atomic mass is 9.85. The Hall–Kier alpha value is -0.870. The zero-order valence-corrected chi connectivity index (χ0v) is 11.1. The second kappa shape index (κ2) is 3.57. The molecule has 0 saturated heterocycles. The van der Waals surface area contributed by atoms with Crippen LogP contribution >= 0.6 is 15.9 Å². The number of amides is 1. The van der Waals surface area contributed by atoms with Crippen LogP contribution in [0.15, 0.2) is 16.6 Å². The van der Waals surface area contributed by atoms with Crippen molar-refractivity contribution in [1.82, 2.24) is 0 Å². The Morgan fingerprint density at radius 3 is 2.62 bits per heavy atom. The Labute approximate surface area is 103 Å². The summed E-state index contributed by atoms with van der Waals surface area (Å²) in [4.78, 5) is 11.8. The van der Waals surface area contributed by atoms with Gasteiger partial charge in [-0.15, -0.1) is 0 Å². The molecular formula is C12H14BrNO2. The SMILES string of the molecule is CC(O)c1cc(Br)cc2c1NC(=O)C2(C)C. The second-order valence-corrected chi connectivity index (χ2v) is 5.59. The van der Waals surface area contributed by atoms with Crippen LogP contribution in [-0.4, -0.2) is 11.0 Å². The van der Waals surface area contributed by atoms with E-state index in [0.29, 0.717) is 0 Å². The fourth-order valence-electron chi connectivity index (χ4n) is 1.98. The molecule has 4 heteroatoms. The van der Waals surface area contributed by atoms with Crippen LogP contribution in [-0.2, 0) is 10.2 Å². The molecule has 3 nitrogen and oxygen atoms in total. The van der Waals surface area contributed by atoms with Gasteiger partial charge in [0.25, 0.3) is 0 Å². The van der Waals surface area contributed by atoms with Gasteiger partial charge in [0, 0.05) is 10.0 Å². The molecule has 1 aromatic carbocycles. The van der Waals surface area contributed by atoms with Crippen molar-refractivity contribution in [3.05, 3.63) is 27.7 Å². The summed E-state index contributed by atoms with van der Waals surface area (Å²) in [5, 5.41) is 12.5. The lowest BCUT2D eigenvalue weighted by Gasteiger charge is -2.16. The van der Waals surface area contributed by atoms with Crippen molar-refractivity contribution in [2.75, 3.05) is 5.32 Å². The number of benzene rings is 1. The van der Waals surface area contributed by atoms with Crippen LogP contribution in [0.25, 0.3) is 0 Å². The number of hydrogen-bond donors (Lipinski definition) is 2. The standard InChI is InChI=1S/C12H14BrNO2/c1-6(15)8-4-7(13)5-9-10(8)14-11(16)12(9,2)3/h4-6,15H,1-3H3,(H,14,16). The summed E-state index contributed by atoms with van der Waals surface area (Å²) in [6.07, 6.45) is -0.597. The van der Waals surface area contributed by atoms with Crippen molar-refractivity contribution in [1.29, 1.82) is 0 Å². The van der Waals surface area contributed by atoms with Crippen LogP contribution in [0.1, 0.15) is 38.0 Å². The van der Waals surface area contributed by atoms with E-state index < -0.39 is 11.5 Å². The Kier molecular flexibility index (Phi) is 2.59. The minimum absolute atomic E-state index is 0.0255. The third-order valence-electron chi connectivity index (χ3n) is 3.06. The van der Waals surface area contributed by atoms with Crippen molar-refractivity contribution in [2.45, 2.75) is 32.3 Å². The molecule has 1 aliphatic heterocycles. The minimum Gasteiger partial charge on any atom is -0.389 e. The number of fused-ring (bicyclic) bond motifs is 1. The van der Waals surface area contributed by atoms with Crippen LogP contribution in [0.3, 0.4) is 0 Å². The molecule has 1 aromatic rings. The van der Waals surface area contributed by atoms with Crippen molar-refractivity contribution in [3.63, 3.8) is 0 Å². The highest BCUT2D eigenvalue weighted by atomic mass is 79.9. The third-order valence-corrected chi connectivity index (χ3v) is 3.52. The number of aliphatic hydroxyl groups excluding tert-OH is 1. The van der Waals surface area contributed by atoms with E-state index in [9.17, 15) is 9.90 Å². The average Bonchev–Trinajstić information content (AvgIpc) is 2.39. The van der Waals surface area contributed by atoms with E-state index in [1.54, 1.807) is 6.92 Å². The third kappa shape index (κ3) is 1.57. The van der Waals surface area contributed by atoms with Gasteiger partial charge in [0.05, 0.1) is 17.2 Å². The molecule has 0 saturated carbocycles. The molecule has 1 heterocycles. The Morgan fingerprint density at radius 2 is 2.06 bits per heavy atom. The molecule has 1 unspecified atom stereocenters. The fraction of sp³-hybridized carbons (Fsp3) is 0.417. The first-order chi connectivity index (χ1) is 7.34. The van der Waals surface area contributed by atoms with E-state index in [1.165, 1.54) is 0 Å². The summed E-state index contributed by atoms with van der Waals surface area (Å²) >= 11 is 3.41. The summed E-state index contributed by atoms with van der Waals surface area (Å²) in [6, 6.07) is 3.77. The highest BCUT2D eigenvalue weighted by Crippen LogP contribution is 2.42. The molecular weight excluding hydrogens is 270 g/mol. The molecule has 0 aliphatic carbocycles. The van der Waals surface area contributed by atoms with Gasteiger partial charge in [-0.3, -0.25) is 4.79 Å². The fourth-order valence-corrected chi connectivity index (χ4v) is 2.46. The molecule has 1 atom stereocenters. The van der Waals surface area contributed by atoms with Crippen LogP contribution in [0.5, 0.6) is 0 Å². The van der Waals surface area contributed by atoms with Crippen molar-refractivity contribution < 1.29 is 9.90 Å². The van der Waals surface area contributed by atoms with Crippen LogP contribution in [0.4, 0.5) is 5.69 Å². The molecule has 0 aromatic heterocycles. The molecule has 16 heavy (non-hydrogen) atoms. The summed E-state index contributed by atoms with van der Waals surface area (Å²) in [5.41, 5.74) is 1.90. The van der Waals surface area contributed by atoms with E-state index in [-0.39, 0.29) is 5.91 Å². The van der Waals surface area contributed by atoms with Gasteiger partial charge >= 0.3 is 0 Å². The maximum Gasteiger partial charge on any atom is 0.234 e. The molecule has 0 fully saturated rings. The van der Waals surface area contributed by atoms with Crippen LogP contribution < -0.4 is 5.32 Å². The smallest absolute Gasteiger partial charge is 0.234 e. The predicted molar refractivity (Wildman–Crippen MR) is 66.4 cm³/mol. The van der Waals surface area contributed by atoms with Gasteiger partial charge in [-0.1, -0.05) is 15.9 Å². The predicted octanol–water partition coefficient (Wildman–Crippen LogP) is 2.73. The molecule has 2 N–H and O–H groups in total. The zero-order chi connectivity index (χ0) is 12.1. The average molecular weight is 284 g/mol. The van der Waals surface area contributed by atoms with Gasteiger partial charge in [-0.2, -0.15) is 0 Å². The van der Waals surface area contributed by atoms with Gasteiger partial charge in [0.2, 0.25) is 5.91 Å². The number of rotatable bonds is 1. The summed E-state index contributed by atoms with van der Waals surface area (Å²) in [6.45, 7) is 5.46.